The van der Waals surface area contributed by atoms with Crippen molar-refractivity contribution in [2.75, 3.05) is 26.2 Å². The molecule has 1 rings (SSSR count). The maximum absolute atomic E-state index is 11.9. The summed E-state index contributed by atoms with van der Waals surface area (Å²) in [4.78, 5) is 27.2. The third-order valence-corrected chi connectivity index (χ3v) is 3.03. The zero-order chi connectivity index (χ0) is 14.5. The van der Waals surface area contributed by atoms with Gasteiger partial charge in [-0.3, -0.25) is 4.79 Å². The van der Waals surface area contributed by atoms with Crippen LogP contribution < -0.4 is 0 Å². The molecule has 0 aromatic carbocycles. The number of rotatable bonds is 3. The molecule has 110 valence electrons. The molecule has 0 aromatic heterocycles. The molecule has 1 aliphatic rings. The molecule has 0 radical (unpaired) electrons. The van der Waals surface area contributed by atoms with Crippen LogP contribution in [0.4, 0.5) is 4.79 Å². The maximum atomic E-state index is 11.9. The van der Waals surface area contributed by atoms with Crippen LogP contribution in [0.1, 0.15) is 47.0 Å². The van der Waals surface area contributed by atoms with Gasteiger partial charge in [0, 0.05) is 32.6 Å². The Bertz CT molecular complexity index is 315. The summed E-state index contributed by atoms with van der Waals surface area (Å²) in [6, 6.07) is 0. The first kappa shape index (κ1) is 15.8. The van der Waals surface area contributed by atoms with Crippen LogP contribution in [0.5, 0.6) is 0 Å². The third-order valence-electron chi connectivity index (χ3n) is 3.03. The molecule has 19 heavy (non-hydrogen) atoms. The summed E-state index contributed by atoms with van der Waals surface area (Å²) < 4.78 is 5.32. The van der Waals surface area contributed by atoms with Crippen molar-refractivity contribution >= 4 is 12.0 Å². The second-order valence-corrected chi connectivity index (χ2v) is 5.95. The molecule has 2 amide bonds. The number of ether oxygens (including phenoxy) is 1. The summed E-state index contributed by atoms with van der Waals surface area (Å²) in [5.74, 6) is 0.200. The van der Waals surface area contributed by atoms with Gasteiger partial charge in [0.1, 0.15) is 5.60 Å². The Balaban J connectivity index is 2.36. The van der Waals surface area contributed by atoms with Crippen LogP contribution in [0, 0.1) is 0 Å². The van der Waals surface area contributed by atoms with E-state index in [1.165, 1.54) is 0 Å². The van der Waals surface area contributed by atoms with Crippen molar-refractivity contribution < 1.29 is 14.3 Å². The Hall–Kier alpha value is -1.26. The lowest BCUT2D eigenvalue weighted by Crippen LogP contribution is -2.51. The smallest absolute Gasteiger partial charge is 0.410 e. The van der Waals surface area contributed by atoms with E-state index in [1.54, 1.807) is 4.90 Å². The number of nitrogens with zero attached hydrogens (tertiary/aromatic N) is 2. The highest BCUT2D eigenvalue weighted by Crippen LogP contribution is 2.12. The summed E-state index contributed by atoms with van der Waals surface area (Å²) in [6.45, 7) is 10.00. The van der Waals surface area contributed by atoms with Crippen LogP contribution >= 0.6 is 0 Å². The summed E-state index contributed by atoms with van der Waals surface area (Å²) in [6.07, 6.45) is 2.30. The number of carbonyl (C=O) groups excluding carboxylic acids is 2. The summed E-state index contributed by atoms with van der Waals surface area (Å²) >= 11 is 0. The highest BCUT2D eigenvalue weighted by Gasteiger charge is 2.27. The predicted octanol–water partition coefficient (Wildman–Crippen LogP) is 2.26. The number of amides is 2. The Labute approximate surface area is 115 Å². The Morgan fingerprint density at radius 2 is 1.58 bits per heavy atom. The lowest BCUT2D eigenvalue weighted by Gasteiger charge is -2.35. The first-order chi connectivity index (χ1) is 8.83. The summed E-state index contributed by atoms with van der Waals surface area (Å²) in [5, 5.41) is 0. The lowest BCUT2D eigenvalue weighted by molar-refractivity contribution is -0.133. The normalized spacial score (nSPS) is 16.4. The molecule has 1 saturated heterocycles. The van der Waals surface area contributed by atoms with Crippen molar-refractivity contribution in [1.29, 1.82) is 0 Å². The average Bonchev–Trinajstić information content (AvgIpc) is 2.34. The quantitative estimate of drug-likeness (QED) is 0.790. The third kappa shape index (κ3) is 5.49. The highest BCUT2D eigenvalue weighted by atomic mass is 16.6. The predicted molar refractivity (Wildman–Crippen MR) is 73.9 cm³/mol. The van der Waals surface area contributed by atoms with Gasteiger partial charge in [0.15, 0.2) is 0 Å². The molecule has 0 unspecified atom stereocenters. The van der Waals surface area contributed by atoms with Crippen LogP contribution in [0.15, 0.2) is 0 Å². The van der Waals surface area contributed by atoms with Crippen molar-refractivity contribution in [3.8, 4) is 0 Å². The number of unbranched alkanes of at least 4 members (excludes halogenated alkanes) is 1. The van der Waals surface area contributed by atoms with E-state index < -0.39 is 5.60 Å². The van der Waals surface area contributed by atoms with E-state index in [4.69, 9.17) is 4.74 Å². The van der Waals surface area contributed by atoms with Crippen LogP contribution in [-0.4, -0.2) is 53.6 Å². The summed E-state index contributed by atoms with van der Waals surface area (Å²) in [5.41, 5.74) is -0.467. The number of hydrogen-bond donors (Lipinski definition) is 0. The Morgan fingerprint density at radius 1 is 1.05 bits per heavy atom. The van der Waals surface area contributed by atoms with Crippen LogP contribution in [-0.2, 0) is 9.53 Å². The van der Waals surface area contributed by atoms with Gasteiger partial charge in [-0.25, -0.2) is 4.79 Å². The van der Waals surface area contributed by atoms with Crippen molar-refractivity contribution in [2.24, 2.45) is 0 Å². The van der Waals surface area contributed by atoms with Gasteiger partial charge in [-0.05, 0) is 27.2 Å². The molecule has 5 heteroatoms. The fourth-order valence-corrected chi connectivity index (χ4v) is 1.95. The van der Waals surface area contributed by atoms with E-state index in [0.29, 0.717) is 32.6 Å². The average molecular weight is 270 g/mol. The molecular formula is C14H26N2O3. The van der Waals surface area contributed by atoms with Crippen LogP contribution in [0.2, 0.25) is 0 Å². The topological polar surface area (TPSA) is 49.9 Å². The van der Waals surface area contributed by atoms with E-state index in [0.717, 1.165) is 12.8 Å². The molecule has 5 nitrogen and oxygen atoms in total. The molecule has 0 N–H and O–H groups in total. The zero-order valence-electron chi connectivity index (χ0n) is 12.6. The van der Waals surface area contributed by atoms with Gasteiger partial charge in [-0.2, -0.15) is 0 Å². The van der Waals surface area contributed by atoms with E-state index >= 15 is 0 Å². The Morgan fingerprint density at radius 3 is 2.05 bits per heavy atom. The van der Waals surface area contributed by atoms with E-state index in [2.05, 4.69) is 6.92 Å². The molecule has 0 saturated carbocycles. The molecule has 1 aliphatic heterocycles. The monoisotopic (exact) mass is 270 g/mol. The van der Waals surface area contributed by atoms with Gasteiger partial charge < -0.3 is 14.5 Å². The fourth-order valence-electron chi connectivity index (χ4n) is 1.95. The van der Waals surface area contributed by atoms with Crippen LogP contribution in [0.25, 0.3) is 0 Å². The second kappa shape index (κ2) is 6.78. The molecular weight excluding hydrogens is 244 g/mol. The van der Waals surface area contributed by atoms with E-state index in [9.17, 15) is 9.59 Å². The Kier molecular flexibility index (Phi) is 5.63. The highest BCUT2D eigenvalue weighted by molar-refractivity contribution is 5.76. The van der Waals surface area contributed by atoms with Gasteiger partial charge in [0.05, 0.1) is 0 Å². The van der Waals surface area contributed by atoms with Gasteiger partial charge in [0.25, 0.3) is 0 Å². The van der Waals surface area contributed by atoms with Crippen LogP contribution in [0.3, 0.4) is 0 Å². The van der Waals surface area contributed by atoms with Gasteiger partial charge >= 0.3 is 6.09 Å². The molecule has 0 atom stereocenters. The molecule has 0 spiro atoms. The zero-order valence-corrected chi connectivity index (χ0v) is 12.6. The number of piperazine rings is 1. The largest absolute Gasteiger partial charge is 0.444 e. The van der Waals surface area contributed by atoms with Crippen molar-refractivity contribution in [2.45, 2.75) is 52.6 Å². The second-order valence-electron chi connectivity index (χ2n) is 5.95. The maximum Gasteiger partial charge on any atom is 0.410 e. The number of carbonyl (C=O) groups is 2. The van der Waals surface area contributed by atoms with Gasteiger partial charge in [0.2, 0.25) is 5.91 Å². The molecule has 0 aromatic rings. The molecule has 1 fully saturated rings. The molecule has 0 bridgehead atoms. The van der Waals surface area contributed by atoms with Crippen molar-refractivity contribution in [3.05, 3.63) is 0 Å². The molecule has 1 heterocycles. The SMILES string of the molecule is CCCCC(=O)N1CCN(C(=O)OC(C)(C)C)CC1. The fraction of sp³-hybridized carbons (Fsp3) is 0.857. The number of hydrogen-bond acceptors (Lipinski definition) is 3. The minimum atomic E-state index is -0.467. The van der Waals surface area contributed by atoms with E-state index in [1.807, 2.05) is 25.7 Å². The van der Waals surface area contributed by atoms with Gasteiger partial charge in [-0.1, -0.05) is 13.3 Å². The minimum Gasteiger partial charge on any atom is -0.444 e. The lowest BCUT2D eigenvalue weighted by atomic mass is 10.2. The molecule has 0 aliphatic carbocycles. The minimum absolute atomic E-state index is 0.200. The van der Waals surface area contributed by atoms with Gasteiger partial charge in [-0.15, -0.1) is 0 Å². The first-order valence-corrected chi connectivity index (χ1v) is 7.09. The summed E-state index contributed by atoms with van der Waals surface area (Å²) in [7, 11) is 0. The first-order valence-electron chi connectivity index (χ1n) is 7.09. The van der Waals surface area contributed by atoms with Crippen molar-refractivity contribution in [1.82, 2.24) is 9.80 Å². The standard InChI is InChI=1S/C14H26N2O3/c1-5-6-7-12(17)15-8-10-16(11-9-15)13(18)19-14(2,3)4/h5-11H2,1-4H3. The van der Waals surface area contributed by atoms with E-state index in [-0.39, 0.29) is 12.0 Å². The van der Waals surface area contributed by atoms with Crippen molar-refractivity contribution in [3.63, 3.8) is 0 Å².